The monoisotopic (exact) mass is 970 g/mol. The largest absolute Gasteiger partial charge is 0.454 e. The molecule has 0 aromatic heterocycles. The summed E-state index contributed by atoms with van der Waals surface area (Å²) in [6, 6.07) is 55.3. The minimum atomic E-state index is -3.95. The lowest BCUT2D eigenvalue weighted by atomic mass is 9.85. The highest BCUT2D eigenvalue weighted by atomic mass is 31.2. The van der Waals surface area contributed by atoms with Crippen LogP contribution in [0.25, 0.3) is 9.69 Å². The smallest absolute Gasteiger partial charge is 0.224 e. The van der Waals surface area contributed by atoms with Crippen LogP contribution in [0.2, 0.25) is 0 Å². The van der Waals surface area contributed by atoms with Crippen molar-refractivity contribution in [2.24, 2.45) is 0 Å². The van der Waals surface area contributed by atoms with E-state index < -0.39 is 7.14 Å². The van der Waals surface area contributed by atoms with Crippen LogP contribution in [0, 0.1) is 24.5 Å². The maximum Gasteiger partial charge on any atom is 0.224 e. The first-order valence-electron chi connectivity index (χ1n) is 24.7. The van der Waals surface area contributed by atoms with E-state index in [1.54, 1.807) is 18.2 Å². The predicted molar refractivity (Wildman–Crippen MR) is 294 cm³/mol. The van der Waals surface area contributed by atoms with Crippen molar-refractivity contribution in [1.29, 1.82) is 5.26 Å². The van der Waals surface area contributed by atoms with Crippen molar-refractivity contribution >= 4 is 74.2 Å². The second kappa shape index (κ2) is 16.8. The number of benzene rings is 8. The third kappa shape index (κ3) is 7.04. The minimum Gasteiger partial charge on any atom is -0.454 e. The molecule has 8 aromatic carbocycles. The van der Waals surface area contributed by atoms with E-state index in [1.807, 2.05) is 84.9 Å². The summed E-state index contributed by atoms with van der Waals surface area (Å²) in [6.45, 7) is 30.9. The van der Waals surface area contributed by atoms with Gasteiger partial charge in [0.05, 0.1) is 71.0 Å². The zero-order valence-corrected chi connectivity index (χ0v) is 42.4. The molecule has 0 amide bonds. The van der Waals surface area contributed by atoms with Crippen molar-refractivity contribution in [3.8, 4) is 29.1 Å². The van der Waals surface area contributed by atoms with Gasteiger partial charge >= 0.3 is 0 Å². The summed E-state index contributed by atoms with van der Waals surface area (Å²) in [6.07, 6.45) is 1.56. The molecule has 4 aliphatic heterocycles. The van der Waals surface area contributed by atoms with E-state index in [4.69, 9.17) is 20.9 Å². The van der Waals surface area contributed by atoms with Gasteiger partial charge in [-0.3, -0.25) is 0 Å². The Morgan fingerprint density at radius 1 is 0.562 bits per heavy atom. The quantitative estimate of drug-likeness (QED) is 0.121. The van der Waals surface area contributed by atoms with Gasteiger partial charge in [0, 0.05) is 33.2 Å². The minimum absolute atomic E-state index is 0.230. The molecule has 4 aliphatic rings. The van der Waals surface area contributed by atoms with Crippen molar-refractivity contribution < 1.29 is 14.0 Å². The van der Waals surface area contributed by atoms with Gasteiger partial charge in [-0.2, -0.15) is 5.26 Å². The molecule has 2 atom stereocenters. The Kier molecular flexibility index (Phi) is 10.5. The second-order valence-corrected chi connectivity index (χ2v) is 24.0. The molecule has 0 saturated carbocycles. The summed E-state index contributed by atoms with van der Waals surface area (Å²) < 4.78 is 31.5. The van der Waals surface area contributed by atoms with E-state index >= 15 is 4.57 Å². The van der Waals surface area contributed by atoms with Crippen LogP contribution < -0.4 is 40.1 Å². The maximum absolute atomic E-state index is 17.6. The Hall–Kier alpha value is -8.54. The molecular formula is C63H51N6O3P. The van der Waals surface area contributed by atoms with Crippen LogP contribution in [0.5, 0.6) is 23.0 Å². The van der Waals surface area contributed by atoms with Crippen LogP contribution in [0.4, 0.5) is 51.2 Å². The molecule has 73 heavy (non-hydrogen) atoms. The lowest BCUT2D eigenvalue weighted by Crippen LogP contribution is -2.32. The average Bonchev–Trinajstić information content (AvgIpc) is 3.98. The molecule has 0 aliphatic carbocycles. The molecule has 1 saturated heterocycles. The van der Waals surface area contributed by atoms with E-state index in [-0.39, 0.29) is 28.6 Å². The number of nitriles is 1. The topological polar surface area (TPSA) is 77.8 Å². The van der Waals surface area contributed by atoms with Crippen molar-refractivity contribution in [2.75, 3.05) is 14.7 Å². The van der Waals surface area contributed by atoms with Gasteiger partial charge in [0.1, 0.15) is 5.75 Å². The van der Waals surface area contributed by atoms with Gasteiger partial charge < -0.3 is 28.7 Å². The van der Waals surface area contributed by atoms with Gasteiger partial charge in [-0.1, -0.05) is 139 Å². The average molecular weight is 971 g/mol. The van der Waals surface area contributed by atoms with E-state index in [0.717, 1.165) is 52.2 Å². The zero-order valence-electron chi connectivity index (χ0n) is 41.5. The SMILES string of the molecule is [C-]#[N+]c1ccc2c(c1)Oc1cc(C(C)(C)C)ccc1N2c1c([N+]#[C-])c(P(=O)(c2ccccc2)c2ccccc2)c2c(c1N1c3ccc(C#N)cc3Oc3cc(C(C)(C)C)ccc31)C1CCC2N1c1ccccc1. The fourth-order valence-corrected chi connectivity index (χ4v) is 14.5. The first-order valence-corrected chi connectivity index (χ1v) is 26.4. The molecule has 2 unspecified atom stereocenters. The van der Waals surface area contributed by atoms with Gasteiger partial charge in [0.25, 0.3) is 0 Å². The first-order chi connectivity index (χ1) is 35.2. The normalized spacial score (nSPS) is 16.1. The lowest BCUT2D eigenvalue weighted by Gasteiger charge is -2.42. The van der Waals surface area contributed by atoms with Crippen LogP contribution in [-0.2, 0) is 15.4 Å². The highest BCUT2D eigenvalue weighted by Gasteiger charge is 2.54. The zero-order chi connectivity index (χ0) is 50.6. The molecule has 0 N–H and O–H groups in total. The molecular weight excluding hydrogens is 920 g/mol. The Morgan fingerprint density at radius 3 is 1.53 bits per heavy atom. The summed E-state index contributed by atoms with van der Waals surface area (Å²) in [4.78, 5) is 15.4. The first kappa shape index (κ1) is 45.6. The standard InChI is InChI=1S/C63H51N6O3P/c1-62(2,3)40-25-29-47-53(35-40)71-52-34-39(38-64)24-28-46(52)68(47)59-56-50-32-33-51(67(50)43-18-12-9-13-19-43)57(56)61(73(70,44-20-14-10-15-21-44)45-22-16-11-17-23-45)58(66-8)60(59)69-48-30-26-41(63(4,5)6)36-54(48)72-55-37-42(65-7)27-31-49(55)69/h9-31,34-37,50-51H,32-33H2,1-6H3. The molecule has 0 radical (unpaired) electrons. The maximum atomic E-state index is 17.6. The van der Waals surface area contributed by atoms with E-state index in [1.165, 1.54) is 0 Å². The number of nitrogens with zero attached hydrogens (tertiary/aromatic N) is 6. The van der Waals surface area contributed by atoms with Crippen molar-refractivity contribution in [3.05, 3.63) is 214 Å². The van der Waals surface area contributed by atoms with E-state index in [0.29, 0.717) is 72.9 Å². The number of hydrogen-bond donors (Lipinski definition) is 0. The van der Waals surface area contributed by atoms with E-state index in [9.17, 15) is 11.8 Å². The van der Waals surface area contributed by atoms with Crippen LogP contribution >= 0.6 is 7.14 Å². The van der Waals surface area contributed by atoms with Gasteiger partial charge in [-0.05, 0) is 101 Å². The fraction of sp³-hybridized carbons (Fsp3) is 0.190. The molecule has 1 fully saturated rings. The van der Waals surface area contributed by atoms with Crippen LogP contribution in [-0.4, -0.2) is 0 Å². The summed E-state index contributed by atoms with van der Waals surface area (Å²) in [5.74, 6) is 2.11. The van der Waals surface area contributed by atoms with Crippen molar-refractivity contribution in [3.63, 3.8) is 0 Å². The van der Waals surface area contributed by atoms with E-state index in [2.05, 4.69) is 128 Å². The Bertz CT molecular complexity index is 3720. The number of rotatable bonds is 6. The van der Waals surface area contributed by atoms with Gasteiger partial charge in [0.2, 0.25) is 5.69 Å². The number of para-hydroxylation sites is 1. The van der Waals surface area contributed by atoms with Gasteiger partial charge in [-0.25, -0.2) is 9.69 Å². The van der Waals surface area contributed by atoms with Crippen LogP contribution in [0.15, 0.2) is 164 Å². The summed E-state index contributed by atoms with van der Waals surface area (Å²) in [5, 5.41) is 12.1. The molecule has 356 valence electrons. The Morgan fingerprint density at radius 2 is 1.03 bits per heavy atom. The lowest BCUT2D eigenvalue weighted by molar-refractivity contribution is 0.472. The molecule has 10 heteroatoms. The third-order valence-corrected chi connectivity index (χ3v) is 18.0. The Labute approximate surface area is 427 Å². The van der Waals surface area contributed by atoms with Crippen LogP contribution in [0.3, 0.4) is 0 Å². The van der Waals surface area contributed by atoms with Crippen molar-refractivity contribution in [1.82, 2.24) is 0 Å². The van der Waals surface area contributed by atoms with Crippen molar-refractivity contribution in [2.45, 2.75) is 77.3 Å². The van der Waals surface area contributed by atoms with Gasteiger partial charge in [0.15, 0.2) is 30.1 Å². The summed E-state index contributed by atoms with van der Waals surface area (Å²) in [5.41, 5.74) is 9.60. The Balaban J connectivity index is 1.32. The summed E-state index contributed by atoms with van der Waals surface area (Å²) >= 11 is 0. The second-order valence-electron chi connectivity index (χ2n) is 21.3. The highest BCUT2D eigenvalue weighted by molar-refractivity contribution is 7.85. The molecule has 12 rings (SSSR count). The number of ether oxygens (including phenoxy) is 2. The molecule has 9 nitrogen and oxygen atoms in total. The molecule has 0 spiro atoms. The fourth-order valence-electron chi connectivity index (χ4n) is 11.5. The third-order valence-electron chi connectivity index (χ3n) is 14.9. The number of anilines is 7. The molecule has 8 aromatic rings. The molecule has 4 heterocycles. The highest BCUT2D eigenvalue weighted by Crippen LogP contribution is 2.69. The number of fused-ring (bicyclic) bond motifs is 9. The summed E-state index contributed by atoms with van der Waals surface area (Å²) in [7, 11) is -3.95. The van der Waals surface area contributed by atoms with Crippen LogP contribution in [0.1, 0.15) is 94.3 Å². The number of hydrogen-bond acceptors (Lipinski definition) is 7. The predicted octanol–water partition coefficient (Wildman–Crippen LogP) is 16.4. The van der Waals surface area contributed by atoms with Gasteiger partial charge in [-0.15, -0.1) is 0 Å². The molecule has 2 bridgehead atoms.